The fraction of sp³-hybridized carbons (Fsp3) is 0.333. The first kappa shape index (κ1) is 14.3. The highest BCUT2D eigenvalue weighted by molar-refractivity contribution is 5.92. The van der Waals surface area contributed by atoms with Crippen molar-refractivity contribution in [3.8, 4) is 0 Å². The summed E-state index contributed by atoms with van der Waals surface area (Å²) in [4.78, 5) is 24.5. The Morgan fingerprint density at radius 1 is 1.35 bits per heavy atom. The van der Waals surface area contributed by atoms with E-state index in [9.17, 15) is 9.59 Å². The van der Waals surface area contributed by atoms with Gasteiger partial charge in [-0.3, -0.25) is 9.59 Å². The van der Waals surface area contributed by atoms with Gasteiger partial charge in [0.1, 0.15) is 0 Å². The van der Waals surface area contributed by atoms with Gasteiger partial charge in [-0.05, 0) is 11.6 Å². The molecule has 106 valence electrons. The Morgan fingerprint density at radius 3 is 2.80 bits per heavy atom. The molecule has 0 bridgehead atoms. The van der Waals surface area contributed by atoms with Gasteiger partial charge in [0, 0.05) is 12.6 Å². The van der Waals surface area contributed by atoms with Gasteiger partial charge >= 0.3 is 5.97 Å². The first-order valence-electron chi connectivity index (χ1n) is 6.50. The molecule has 5 heteroatoms. The number of ether oxygens (including phenoxy) is 1. The molecule has 1 amide bonds. The molecule has 1 atom stereocenters. The summed E-state index contributed by atoms with van der Waals surface area (Å²) in [5, 5.41) is 8.86. The number of morpholine rings is 1. The van der Waals surface area contributed by atoms with E-state index in [-0.39, 0.29) is 18.9 Å². The molecular formula is C15H17NO4. The van der Waals surface area contributed by atoms with Gasteiger partial charge < -0.3 is 14.7 Å². The van der Waals surface area contributed by atoms with E-state index >= 15 is 0 Å². The Hall–Kier alpha value is -2.14. The minimum absolute atomic E-state index is 0.0923. The van der Waals surface area contributed by atoms with Crippen molar-refractivity contribution in [3.63, 3.8) is 0 Å². The molecule has 1 heterocycles. The van der Waals surface area contributed by atoms with Crippen LogP contribution in [0.2, 0.25) is 0 Å². The normalized spacial score (nSPS) is 19.2. The van der Waals surface area contributed by atoms with Crippen LogP contribution in [0.15, 0.2) is 36.4 Å². The van der Waals surface area contributed by atoms with Crippen molar-refractivity contribution in [2.75, 3.05) is 19.8 Å². The molecule has 20 heavy (non-hydrogen) atoms. The van der Waals surface area contributed by atoms with E-state index < -0.39 is 12.0 Å². The van der Waals surface area contributed by atoms with Gasteiger partial charge in [-0.15, -0.1) is 0 Å². The zero-order valence-electron chi connectivity index (χ0n) is 11.1. The first-order valence-corrected chi connectivity index (χ1v) is 6.50. The van der Waals surface area contributed by atoms with Crippen molar-refractivity contribution in [3.05, 3.63) is 42.0 Å². The van der Waals surface area contributed by atoms with Gasteiger partial charge in [0.05, 0.1) is 25.7 Å². The summed E-state index contributed by atoms with van der Waals surface area (Å²) in [5.41, 5.74) is 0.934. The molecule has 1 N–H and O–H groups in total. The van der Waals surface area contributed by atoms with Crippen molar-refractivity contribution >= 4 is 18.0 Å². The Labute approximate surface area is 117 Å². The summed E-state index contributed by atoms with van der Waals surface area (Å²) in [7, 11) is 0. The van der Waals surface area contributed by atoms with Gasteiger partial charge in [-0.2, -0.15) is 0 Å². The minimum atomic E-state index is -0.926. The molecule has 1 aliphatic rings. The summed E-state index contributed by atoms with van der Waals surface area (Å²) in [6.07, 6.45) is 3.12. The molecule has 0 spiro atoms. The Kier molecular flexibility index (Phi) is 4.90. The van der Waals surface area contributed by atoms with Crippen molar-refractivity contribution in [2.45, 2.75) is 12.5 Å². The average Bonchev–Trinajstić information content (AvgIpc) is 2.46. The number of nitrogens with zero attached hydrogens (tertiary/aromatic N) is 1. The van der Waals surface area contributed by atoms with Gasteiger partial charge in [0.2, 0.25) is 5.91 Å². The smallest absolute Gasteiger partial charge is 0.305 e. The summed E-state index contributed by atoms with van der Waals surface area (Å²) < 4.78 is 5.24. The molecule has 0 radical (unpaired) electrons. The number of rotatable bonds is 4. The number of carbonyl (C=O) groups excluding carboxylic acids is 1. The largest absolute Gasteiger partial charge is 0.481 e. The minimum Gasteiger partial charge on any atom is -0.481 e. The number of aliphatic carboxylic acids is 1. The number of hydrogen-bond donors (Lipinski definition) is 1. The molecule has 1 aliphatic heterocycles. The van der Waals surface area contributed by atoms with Gasteiger partial charge in [0.15, 0.2) is 0 Å². The molecule has 1 fully saturated rings. The lowest BCUT2D eigenvalue weighted by Crippen LogP contribution is -2.49. The lowest BCUT2D eigenvalue weighted by molar-refractivity contribution is -0.143. The standard InChI is InChI=1S/C15H17NO4/c17-14(7-6-12-4-2-1-3-5-12)16-8-9-20-11-13(16)10-15(18)19/h1-7,13H,8-11H2,(H,18,19)/b7-6+. The van der Waals surface area contributed by atoms with E-state index in [1.54, 1.807) is 11.0 Å². The van der Waals surface area contributed by atoms with E-state index in [4.69, 9.17) is 9.84 Å². The molecule has 1 unspecified atom stereocenters. The summed E-state index contributed by atoms with van der Waals surface area (Å²) in [6.45, 7) is 1.15. The highest BCUT2D eigenvalue weighted by atomic mass is 16.5. The van der Waals surface area contributed by atoms with E-state index in [1.165, 1.54) is 6.08 Å². The third-order valence-electron chi connectivity index (χ3n) is 3.14. The highest BCUT2D eigenvalue weighted by Crippen LogP contribution is 2.12. The number of hydrogen-bond acceptors (Lipinski definition) is 3. The lowest BCUT2D eigenvalue weighted by Gasteiger charge is -2.34. The van der Waals surface area contributed by atoms with Crippen LogP contribution in [0.5, 0.6) is 0 Å². The number of amides is 1. The Balaban J connectivity index is 2.02. The molecular weight excluding hydrogens is 258 g/mol. The second kappa shape index (κ2) is 6.86. The number of carbonyl (C=O) groups is 2. The van der Waals surface area contributed by atoms with Gasteiger partial charge in [-0.25, -0.2) is 0 Å². The van der Waals surface area contributed by atoms with Crippen molar-refractivity contribution in [1.29, 1.82) is 0 Å². The van der Waals surface area contributed by atoms with Crippen LogP contribution in [0.3, 0.4) is 0 Å². The molecule has 0 aliphatic carbocycles. The van der Waals surface area contributed by atoms with Gasteiger partial charge in [0.25, 0.3) is 0 Å². The summed E-state index contributed by atoms with van der Waals surface area (Å²) in [5.74, 6) is -1.10. The second-order valence-corrected chi connectivity index (χ2v) is 4.60. The zero-order chi connectivity index (χ0) is 14.4. The maximum Gasteiger partial charge on any atom is 0.305 e. The monoisotopic (exact) mass is 275 g/mol. The van der Waals surface area contributed by atoms with E-state index in [1.807, 2.05) is 30.3 Å². The molecule has 5 nitrogen and oxygen atoms in total. The van der Waals surface area contributed by atoms with Crippen LogP contribution in [0, 0.1) is 0 Å². The average molecular weight is 275 g/mol. The number of carboxylic acids is 1. The molecule has 1 aromatic rings. The quantitative estimate of drug-likeness (QED) is 0.843. The van der Waals surface area contributed by atoms with Crippen LogP contribution >= 0.6 is 0 Å². The maximum absolute atomic E-state index is 12.2. The number of carboxylic acid groups (broad SMARTS) is 1. The van der Waals surface area contributed by atoms with Crippen molar-refractivity contribution in [2.24, 2.45) is 0 Å². The topological polar surface area (TPSA) is 66.8 Å². The van der Waals surface area contributed by atoms with Crippen LogP contribution in [0.25, 0.3) is 6.08 Å². The third kappa shape index (κ3) is 3.93. The van der Waals surface area contributed by atoms with E-state index in [0.29, 0.717) is 13.2 Å². The Morgan fingerprint density at radius 2 is 2.10 bits per heavy atom. The predicted octanol–water partition coefficient (Wildman–Crippen LogP) is 1.40. The van der Waals surface area contributed by atoms with E-state index in [0.717, 1.165) is 5.56 Å². The van der Waals surface area contributed by atoms with E-state index in [2.05, 4.69) is 0 Å². The molecule has 0 saturated carbocycles. The van der Waals surface area contributed by atoms with Crippen LogP contribution in [0.1, 0.15) is 12.0 Å². The second-order valence-electron chi connectivity index (χ2n) is 4.60. The first-order chi connectivity index (χ1) is 9.66. The predicted molar refractivity (Wildman–Crippen MR) is 74.0 cm³/mol. The summed E-state index contributed by atoms with van der Waals surface area (Å²) in [6, 6.07) is 9.10. The van der Waals surface area contributed by atoms with Crippen LogP contribution in [-0.2, 0) is 14.3 Å². The molecule has 1 aromatic carbocycles. The molecule has 1 saturated heterocycles. The third-order valence-corrected chi connectivity index (χ3v) is 3.14. The highest BCUT2D eigenvalue weighted by Gasteiger charge is 2.27. The fourth-order valence-electron chi connectivity index (χ4n) is 2.14. The van der Waals surface area contributed by atoms with Crippen LogP contribution < -0.4 is 0 Å². The SMILES string of the molecule is O=C(O)CC1COCCN1C(=O)/C=C/c1ccccc1. The Bertz CT molecular complexity index is 498. The van der Waals surface area contributed by atoms with Crippen LogP contribution in [0.4, 0.5) is 0 Å². The fourth-order valence-corrected chi connectivity index (χ4v) is 2.14. The molecule has 0 aromatic heterocycles. The lowest BCUT2D eigenvalue weighted by atomic mass is 10.1. The van der Waals surface area contributed by atoms with Crippen molar-refractivity contribution in [1.82, 2.24) is 4.90 Å². The van der Waals surface area contributed by atoms with Gasteiger partial charge in [-0.1, -0.05) is 30.3 Å². The number of benzene rings is 1. The maximum atomic E-state index is 12.2. The molecule has 2 rings (SSSR count). The summed E-state index contributed by atoms with van der Waals surface area (Å²) >= 11 is 0. The van der Waals surface area contributed by atoms with Crippen molar-refractivity contribution < 1.29 is 19.4 Å². The van der Waals surface area contributed by atoms with Crippen LogP contribution in [-0.4, -0.2) is 47.7 Å². The zero-order valence-corrected chi connectivity index (χ0v) is 11.1.